The van der Waals surface area contributed by atoms with Gasteiger partial charge in [-0.05, 0) is 31.0 Å². The zero-order chi connectivity index (χ0) is 18.5. The zero-order valence-corrected chi connectivity index (χ0v) is 15.8. The molecular weight excluding hydrogens is 364 g/mol. The van der Waals surface area contributed by atoms with Crippen molar-refractivity contribution >= 4 is 32.6 Å². The van der Waals surface area contributed by atoms with E-state index in [1.807, 2.05) is 24.0 Å². The molecule has 4 heterocycles. The number of aromatic nitrogens is 2. The van der Waals surface area contributed by atoms with Crippen LogP contribution in [0.2, 0.25) is 0 Å². The molecule has 2 aliphatic rings. The molecule has 0 bridgehead atoms. The topological polar surface area (TPSA) is 94.5 Å². The second-order valence-electron chi connectivity index (χ2n) is 7.15. The number of rotatable bonds is 2. The largest absolute Gasteiger partial charge is 0.445 e. The minimum atomic E-state index is 0.00590. The molecule has 3 aromatic rings. The Labute approximate surface area is 160 Å². The molecular formula is C19H20N4O3S. The first-order chi connectivity index (χ1) is 13.1. The summed E-state index contributed by atoms with van der Waals surface area (Å²) in [7, 11) is 0. The third kappa shape index (κ3) is 2.89. The van der Waals surface area contributed by atoms with Crippen LogP contribution in [0.4, 0.5) is 5.13 Å². The van der Waals surface area contributed by atoms with Crippen molar-refractivity contribution in [1.29, 1.82) is 0 Å². The number of nitrogens with two attached hydrogens (primary N) is 1. The molecule has 7 nitrogen and oxygen atoms in total. The van der Waals surface area contributed by atoms with Crippen LogP contribution >= 0.6 is 11.3 Å². The fourth-order valence-corrected chi connectivity index (χ4v) is 4.67. The molecule has 2 N–H and O–H groups in total. The van der Waals surface area contributed by atoms with E-state index >= 15 is 0 Å². The van der Waals surface area contributed by atoms with Gasteiger partial charge in [0.05, 0.1) is 29.3 Å². The van der Waals surface area contributed by atoms with Gasteiger partial charge in [0.2, 0.25) is 0 Å². The van der Waals surface area contributed by atoms with E-state index in [1.54, 1.807) is 0 Å². The summed E-state index contributed by atoms with van der Waals surface area (Å²) in [5.41, 5.74) is 9.19. The average molecular weight is 384 g/mol. The van der Waals surface area contributed by atoms with Crippen molar-refractivity contribution in [2.75, 3.05) is 25.5 Å². The van der Waals surface area contributed by atoms with Gasteiger partial charge in [0.15, 0.2) is 11.0 Å². The van der Waals surface area contributed by atoms with Gasteiger partial charge in [-0.15, -0.1) is 0 Å². The van der Waals surface area contributed by atoms with Gasteiger partial charge in [-0.1, -0.05) is 11.3 Å². The van der Waals surface area contributed by atoms with Crippen molar-refractivity contribution in [2.24, 2.45) is 0 Å². The number of anilines is 1. The Morgan fingerprint density at radius 2 is 2.26 bits per heavy atom. The van der Waals surface area contributed by atoms with E-state index in [4.69, 9.17) is 14.9 Å². The van der Waals surface area contributed by atoms with Crippen LogP contribution < -0.4 is 5.73 Å². The number of amides is 1. The number of carbonyl (C=O) groups is 1. The Bertz CT molecular complexity index is 1040. The highest BCUT2D eigenvalue weighted by Crippen LogP contribution is 2.31. The maximum absolute atomic E-state index is 13.1. The molecule has 0 saturated carbocycles. The van der Waals surface area contributed by atoms with Gasteiger partial charge in [-0.2, -0.15) is 0 Å². The standard InChI is InChI=1S/C19H20N4O3S/c1-10-6-12(7-15-16(10)22-19(20)27-15)18(24)23-4-2-14-13(8-23)21-17(26-14)11-3-5-25-9-11/h6-7,11H,2-5,8-9H2,1H3,(H2,20,22). The highest BCUT2D eigenvalue weighted by Gasteiger charge is 2.30. The molecule has 140 valence electrons. The molecule has 5 rings (SSSR count). The molecule has 0 spiro atoms. The third-order valence-corrected chi connectivity index (χ3v) is 6.09. The number of hydrogen-bond acceptors (Lipinski definition) is 7. The predicted octanol–water partition coefficient (Wildman–Crippen LogP) is 2.88. The first-order valence-corrected chi connectivity index (χ1v) is 9.92. The Kier molecular flexibility index (Phi) is 3.91. The Hall–Kier alpha value is -2.45. The molecule has 2 aromatic heterocycles. The molecule has 1 atom stereocenters. The van der Waals surface area contributed by atoms with Crippen molar-refractivity contribution in [3.05, 3.63) is 40.6 Å². The van der Waals surface area contributed by atoms with Gasteiger partial charge in [0.25, 0.3) is 5.91 Å². The van der Waals surface area contributed by atoms with Crippen LogP contribution in [0.15, 0.2) is 16.5 Å². The monoisotopic (exact) mass is 384 g/mol. The molecule has 0 radical (unpaired) electrons. The number of nitrogen functional groups attached to an aromatic ring is 1. The van der Waals surface area contributed by atoms with Crippen molar-refractivity contribution in [2.45, 2.75) is 32.2 Å². The molecule has 0 aliphatic carbocycles. The molecule has 1 fully saturated rings. The van der Waals surface area contributed by atoms with Crippen LogP contribution in [0.1, 0.15) is 45.6 Å². The van der Waals surface area contributed by atoms with Crippen LogP contribution in [-0.2, 0) is 17.7 Å². The molecule has 1 saturated heterocycles. The summed E-state index contributed by atoms with van der Waals surface area (Å²) < 4.78 is 12.3. The van der Waals surface area contributed by atoms with Crippen molar-refractivity contribution < 1.29 is 13.9 Å². The Morgan fingerprint density at radius 1 is 1.37 bits per heavy atom. The number of hydrogen-bond donors (Lipinski definition) is 1. The predicted molar refractivity (Wildman–Crippen MR) is 102 cm³/mol. The summed E-state index contributed by atoms with van der Waals surface area (Å²) in [6, 6.07) is 3.78. The zero-order valence-electron chi connectivity index (χ0n) is 15.0. The SMILES string of the molecule is Cc1cc(C(=O)N2CCc3oc(C4CCOC4)nc3C2)cc2sc(N)nc12. The van der Waals surface area contributed by atoms with Gasteiger partial charge in [0.1, 0.15) is 11.5 Å². The first-order valence-electron chi connectivity index (χ1n) is 9.10. The molecule has 1 unspecified atom stereocenters. The van der Waals surface area contributed by atoms with Crippen LogP contribution in [0.25, 0.3) is 10.2 Å². The van der Waals surface area contributed by atoms with Crippen molar-refractivity contribution in [3.63, 3.8) is 0 Å². The van der Waals surface area contributed by atoms with E-state index in [0.717, 1.165) is 46.2 Å². The summed E-state index contributed by atoms with van der Waals surface area (Å²) in [6.07, 6.45) is 1.63. The lowest BCUT2D eigenvalue weighted by molar-refractivity contribution is 0.0728. The second-order valence-corrected chi connectivity index (χ2v) is 8.21. The van der Waals surface area contributed by atoms with Gasteiger partial charge in [0, 0.05) is 25.1 Å². The van der Waals surface area contributed by atoms with Crippen LogP contribution in [0.5, 0.6) is 0 Å². The van der Waals surface area contributed by atoms with E-state index < -0.39 is 0 Å². The van der Waals surface area contributed by atoms with E-state index in [9.17, 15) is 4.79 Å². The quantitative estimate of drug-likeness (QED) is 0.730. The van der Waals surface area contributed by atoms with Gasteiger partial charge in [-0.25, -0.2) is 9.97 Å². The van der Waals surface area contributed by atoms with Gasteiger partial charge in [-0.3, -0.25) is 4.79 Å². The normalized spacial score (nSPS) is 19.6. The van der Waals surface area contributed by atoms with Gasteiger partial charge >= 0.3 is 0 Å². The lowest BCUT2D eigenvalue weighted by Crippen LogP contribution is -2.35. The maximum Gasteiger partial charge on any atom is 0.254 e. The number of benzene rings is 1. The highest BCUT2D eigenvalue weighted by atomic mass is 32.1. The minimum absolute atomic E-state index is 0.00590. The summed E-state index contributed by atoms with van der Waals surface area (Å²) in [6.45, 7) is 4.49. The smallest absolute Gasteiger partial charge is 0.254 e. The fraction of sp³-hybridized carbons (Fsp3) is 0.421. The number of fused-ring (bicyclic) bond motifs is 2. The van der Waals surface area contributed by atoms with Crippen LogP contribution in [0.3, 0.4) is 0 Å². The van der Waals surface area contributed by atoms with E-state index in [1.165, 1.54) is 11.3 Å². The highest BCUT2D eigenvalue weighted by molar-refractivity contribution is 7.22. The van der Waals surface area contributed by atoms with Crippen molar-refractivity contribution in [1.82, 2.24) is 14.9 Å². The fourth-order valence-electron chi connectivity index (χ4n) is 3.82. The van der Waals surface area contributed by atoms with Crippen molar-refractivity contribution in [3.8, 4) is 0 Å². The number of nitrogens with zero attached hydrogens (tertiary/aromatic N) is 3. The minimum Gasteiger partial charge on any atom is -0.445 e. The number of thiazole rings is 1. The lowest BCUT2D eigenvalue weighted by Gasteiger charge is -2.25. The molecule has 27 heavy (non-hydrogen) atoms. The third-order valence-electron chi connectivity index (χ3n) is 5.26. The Balaban J connectivity index is 1.40. The Morgan fingerprint density at radius 3 is 3.07 bits per heavy atom. The van der Waals surface area contributed by atoms with E-state index in [-0.39, 0.29) is 11.8 Å². The number of aryl methyl sites for hydroxylation is 1. The second kappa shape index (κ2) is 6.31. The summed E-state index contributed by atoms with van der Waals surface area (Å²) in [4.78, 5) is 23.9. The summed E-state index contributed by atoms with van der Waals surface area (Å²) in [5.74, 6) is 1.90. The summed E-state index contributed by atoms with van der Waals surface area (Å²) >= 11 is 1.41. The molecule has 1 aromatic carbocycles. The van der Waals surface area contributed by atoms with Crippen LogP contribution in [0, 0.1) is 6.92 Å². The van der Waals surface area contributed by atoms with E-state index in [0.29, 0.717) is 36.8 Å². The number of oxazole rings is 1. The molecule has 1 amide bonds. The number of ether oxygens (including phenoxy) is 1. The van der Waals surface area contributed by atoms with E-state index in [2.05, 4.69) is 9.97 Å². The molecule has 2 aliphatic heterocycles. The maximum atomic E-state index is 13.1. The average Bonchev–Trinajstić information content (AvgIpc) is 3.38. The summed E-state index contributed by atoms with van der Waals surface area (Å²) in [5, 5.41) is 0.520. The number of carbonyl (C=O) groups excluding carboxylic acids is 1. The van der Waals surface area contributed by atoms with Gasteiger partial charge < -0.3 is 19.8 Å². The first kappa shape index (κ1) is 16.7. The van der Waals surface area contributed by atoms with Crippen LogP contribution in [-0.4, -0.2) is 40.5 Å². The lowest BCUT2D eigenvalue weighted by atomic mass is 10.1. The molecule has 8 heteroatoms.